The van der Waals surface area contributed by atoms with Crippen LogP contribution < -0.4 is 5.56 Å². The summed E-state index contributed by atoms with van der Waals surface area (Å²) in [5, 5.41) is 11.6. The maximum atomic E-state index is 12.6. The van der Waals surface area contributed by atoms with E-state index in [0.717, 1.165) is 29.5 Å². The SMILES string of the molecule is Cc1cc(-c2ccc3nc(N=S(C)(C)=O)nc(C(CO)(OC4CC4)c4ccccc4)c3c2)cn(C)c1=O. The molecule has 1 fully saturated rings. The molecule has 1 unspecified atom stereocenters. The highest BCUT2D eigenvalue weighted by Crippen LogP contribution is 2.42. The first-order valence-electron chi connectivity index (χ1n) is 12.1. The molecule has 37 heavy (non-hydrogen) atoms. The molecule has 0 saturated heterocycles. The van der Waals surface area contributed by atoms with E-state index in [1.165, 1.54) is 12.5 Å². The topological polar surface area (TPSA) is 107 Å². The first kappa shape index (κ1) is 25.3. The summed E-state index contributed by atoms with van der Waals surface area (Å²) < 4.78 is 25.0. The first-order valence-corrected chi connectivity index (χ1v) is 14.4. The Labute approximate surface area is 216 Å². The molecule has 1 aliphatic carbocycles. The first-order chi connectivity index (χ1) is 17.6. The molecular weight excluding hydrogens is 488 g/mol. The third-order valence-corrected chi connectivity index (χ3v) is 7.02. The zero-order valence-corrected chi connectivity index (χ0v) is 22.2. The maximum Gasteiger partial charge on any atom is 0.258 e. The van der Waals surface area contributed by atoms with E-state index in [9.17, 15) is 14.1 Å². The quantitative estimate of drug-likeness (QED) is 0.395. The highest BCUT2D eigenvalue weighted by Gasteiger charge is 2.43. The molecule has 192 valence electrons. The molecule has 1 N–H and O–H groups in total. The van der Waals surface area contributed by atoms with Gasteiger partial charge in [0.15, 0.2) is 5.60 Å². The van der Waals surface area contributed by atoms with Crippen molar-refractivity contribution in [3.05, 3.63) is 88.0 Å². The number of aliphatic hydroxyl groups excluding tert-OH is 1. The van der Waals surface area contributed by atoms with E-state index < -0.39 is 15.3 Å². The van der Waals surface area contributed by atoms with Crippen LogP contribution in [0.2, 0.25) is 0 Å². The number of pyridine rings is 1. The Hall–Kier alpha value is -3.40. The van der Waals surface area contributed by atoms with Crippen molar-refractivity contribution in [2.75, 3.05) is 19.1 Å². The second kappa shape index (κ2) is 9.48. The largest absolute Gasteiger partial charge is 0.393 e. The smallest absolute Gasteiger partial charge is 0.258 e. The van der Waals surface area contributed by atoms with Crippen molar-refractivity contribution in [3.63, 3.8) is 0 Å². The van der Waals surface area contributed by atoms with Gasteiger partial charge in [-0.1, -0.05) is 36.4 Å². The molecule has 4 aromatic rings. The van der Waals surface area contributed by atoms with Gasteiger partial charge in [-0.25, -0.2) is 14.2 Å². The van der Waals surface area contributed by atoms with Gasteiger partial charge in [0.25, 0.3) is 11.5 Å². The van der Waals surface area contributed by atoms with Gasteiger partial charge in [0.1, 0.15) is 0 Å². The van der Waals surface area contributed by atoms with E-state index in [-0.39, 0.29) is 24.2 Å². The van der Waals surface area contributed by atoms with E-state index in [1.807, 2.05) is 54.6 Å². The van der Waals surface area contributed by atoms with Gasteiger partial charge in [0.05, 0.1) is 23.9 Å². The van der Waals surface area contributed by atoms with Crippen molar-refractivity contribution in [3.8, 4) is 11.1 Å². The fourth-order valence-electron chi connectivity index (χ4n) is 4.52. The van der Waals surface area contributed by atoms with Crippen LogP contribution in [0.5, 0.6) is 0 Å². The van der Waals surface area contributed by atoms with Crippen LogP contribution in [0, 0.1) is 6.92 Å². The lowest BCUT2D eigenvalue weighted by molar-refractivity contribution is -0.0671. The van der Waals surface area contributed by atoms with Crippen molar-refractivity contribution in [1.82, 2.24) is 14.5 Å². The van der Waals surface area contributed by atoms with Crippen LogP contribution in [0.15, 0.2) is 70.0 Å². The molecule has 0 aliphatic heterocycles. The summed E-state index contributed by atoms with van der Waals surface area (Å²) >= 11 is 0. The van der Waals surface area contributed by atoms with Gasteiger partial charge in [0.2, 0.25) is 0 Å². The molecule has 1 aliphatic rings. The minimum absolute atomic E-state index is 0.00573. The normalized spacial score (nSPS) is 15.5. The maximum absolute atomic E-state index is 12.6. The van der Waals surface area contributed by atoms with Crippen LogP contribution in [0.25, 0.3) is 22.0 Å². The Bertz CT molecular complexity index is 1640. The molecule has 2 heterocycles. The Morgan fingerprint density at radius 1 is 1.11 bits per heavy atom. The minimum Gasteiger partial charge on any atom is -0.393 e. The summed E-state index contributed by atoms with van der Waals surface area (Å²) in [6.45, 7) is 1.44. The molecule has 5 rings (SSSR count). The molecule has 0 bridgehead atoms. The highest BCUT2D eigenvalue weighted by molar-refractivity contribution is 7.92. The number of hydrogen-bond acceptors (Lipinski definition) is 7. The minimum atomic E-state index is -2.54. The molecule has 0 radical (unpaired) electrons. The van der Waals surface area contributed by atoms with Crippen LogP contribution in [0.3, 0.4) is 0 Å². The number of hydrogen-bond donors (Lipinski definition) is 1. The number of nitrogens with zero attached hydrogens (tertiary/aromatic N) is 4. The summed E-state index contributed by atoms with van der Waals surface area (Å²) in [6.07, 6.45) is 6.64. The third kappa shape index (κ3) is 5.07. The number of fused-ring (bicyclic) bond motifs is 1. The summed E-state index contributed by atoms with van der Waals surface area (Å²) in [5.41, 5.74) is 2.85. The van der Waals surface area contributed by atoms with Crippen LogP contribution in [0.4, 0.5) is 5.95 Å². The van der Waals surface area contributed by atoms with Crippen molar-refractivity contribution in [1.29, 1.82) is 0 Å². The van der Waals surface area contributed by atoms with E-state index in [4.69, 9.17) is 9.72 Å². The molecular formula is C28H30N4O4S. The Morgan fingerprint density at radius 2 is 1.84 bits per heavy atom. The average Bonchev–Trinajstić information content (AvgIpc) is 3.68. The number of aliphatic hydroxyl groups is 1. The number of aromatic nitrogens is 3. The van der Waals surface area contributed by atoms with Gasteiger partial charge < -0.3 is 14.4 Å². The molecule has 0 spiro atoms. The number of aryl methyl sites for hydroxylation is 2. The van der Waals surface area contributed by atoms with Crippen LogP contribution in [0.1, 0.15) is 29.7 Å². The lowest BCUT2D eigenvalue weighted by Gasteiger charge is -2.33. The van der Waals surface area contributed by atoms with Crippen molar-refractivity contribution in [2.45, 2.75) is 31.5 Å². The van der Waals surface area contributed by atoms with Crippen LogP contribution >= 0.6 is 0 Å². The van der Waals surface area contributed by atoms with Crippen LogP contribution in [-0.4, -0.2) is 49.1 Å². The van der Waals surface area contributed by atoms with Gasteiger partial charge in [-0.3, -0.25) is 4.79 Å². The zero-order chi connectivity index (χ0) is 26.4. The fraction of sp³-hybridized carbons (Fsp3) is 0.321. The second-order valence-electron chi connectivity index (χ2n) is 9.87. The zero-order valence-electron chi connectivity index (χ0n) is 21.3. The van der Waals surface area contributed by atoms with Gasteiger partial charge >= 0.3 is 0 Å². The molecule has 2 aromatic carbocycles. The number of rotatable bonds is 7. The third-order valence-electron chi connectivity index (χ3n) is 6.42. The summed E-state index contributed by atoms with van der Waals surface area (Å²) in [5.74, 6) is 0.0800. The molecule has 9 heteroatoms. The Balaban J connectivity index is 1.84. The van der Waals surface area contributed by atoms with Gasteiger partial charge in [-0.05, 0) is 54.7 Å². The average molecular weight is 519 g/mol. The predicted molar refractivity (Wildman–Crippen MR) is 145 cm³/mol. The molecule has 1 atom stereocenters. The second-order valence-corrected chi connectivity index (χ2v) is 12.4. The van der Waals surface area contributed by atoms with Gasteiger partial charge in [-0.2, -0.15) is 4.36 Å². The lowest BCUT2D eigenvalue weighted by atomic mass is 9.87. The molecule has 1 saturated carbocycles. The fourth-order valence-corrected chi connectivity index (χ4v) is 4.99. The van der Waals surface area contributed by atoms with E-state index in [0.29, 0.717) is 22.2 Å². The van der Waals surface area contributed by atoms with Crippen molar-refractivity contribution < 1.29 is 14.1 Å². The highest BCUT2D eigenvalue weighted by atomic mass is 32.2. The van der Waals surface area contributed by atoms with Crippen LogP contribution in [-0.2, 0) is 27.1 Å². The predicted octanol–water partition coefficient (Wildman–Crippen LogP) is 4.08. The molecule has 2 aromatic heterocycles. The van der Waals surface area contributed by atoms with Gasteiger partial charge in [0, 0.05) is 46.4 Å². The van der Waals surface area contributed by atoms with E-state index >= 15 is 0 Å². The van der Waals surface area contributed by atoms with Crippen molar-refractivity contribution >= 4 is 26.6 Å². The van der Waals surface area contributed by atoms with Crippen molar-refractivity contribution in [2.24, 2.45) is 11.4 Å². The van der Waals surface area contributed by atoms with Gasteiger partial charge in [-0.15, -0.1) is 0 Å². The standard InChI is InChI=1S/C28H30N4O4S/c1-18-14-20(16-32(2)26(18)34)19-10-13-24-23(15-19)25(30-27(29-24)31-37(3,4)35)28(17-33,36-22-11-12-22)21-8-6-5-7-9-21/h5-10,13-16,22,33H,11-12,17H2,1-4H3. The summed E-state index contributed by atoms with van der Waals surface area (Å²) in [4.78, 5) is 21.6. The number of benzene rings is 2. The molecule has 8 nitrogen and oxygen atoms in total. The Morgan fingerprint density at radius 3 is 2.46 bits per heavy atom. The van der Waals surface area contributed by atoms with E-state index in [2.05, 4.69) is 9.35 Å². The number of ether oxygens (including phenoxy) is 1. The van der Waals surface area contributed by atoms with E-state index in [1.54, 1.807) is 24.7 Å². The molecule has 0 amide bonds. The Kier molecular flexibility index (Phi) is 6.47. The lowest BCUT2D eigenvalue weighted by Crippen LogP contribution is -2.37. The summed E-state index contributed by atoms with van der Waals surface area (Å²) in [6, 6.07) is 17.1. The monoisotopic (exact) mass is 518 g/mol. The summed E-state index contributed by atoms with van der Waals surface area (Å²) in [7, 11) is -0.814.